The van der Waals surface area contributed by atoms with Gasteiger partial charge in [-0.3, -0.25) is 4.68 Å². The van der Waals surface area contributed by atoms with Gasteiger partial charge in [0.05, 0.1) is 6.20 Å². The van der Waals surface area contributed by atoms with Crippen molar-refractivity contribution >= 4 is 5.95 Å². The van der Waals surface area contributed by atoms with Gasteiger partial charge < -0.3 is 5.32 Å². The van der Waals surface area contributed by atoms with Crippen molar-refractivity contribution in [3.8, 4) is 0 Å². The third-order valence-electron chi connectivity index (χ3n) is 2.55. The molecule has 16 heavy (non-hydrogen) atoms. The quantitative estimate of drug-likeness (QED) is 0.845. The summed E-state index contributed by atoms with van der Waals surface area (Å²) in [6.07, 6.45) is 5.45. The molecule has 0 aliphatic rings. The lowest BCUT2D eigenvalue weighted by Crippen LogP contribution is -2.04. The second-order valence-corrected chi connectivity index (χ2v) is 3.82. The highest BCUT2D eigenvalue weighted by Crippen LogP contribution is 2.07. The summed E-state index contributed by atoms with van der Waals surface area (Å²) in [6.45, 7) is 4.71. The second-order valence-electron chi connectivity index (χ2n) is 3.82. The Morgan fingerprint density at radius 3 is 2.44 bits per heavy atom. The lowest BCUT2D eigenvalue weighted by molar-refractivity contribution is 0.738. The van der Waals surface area contributed by atoms with Gasteiger partial charge in [0.15, 0.2) is 0 Å². The molecule has 0 bridgehead atoms. The number of hydrogen-bond donors (Lipinski definition) is 1. The smallest absolute Gasteiger partial charge is 0.222 e. The summed E-state index contributed by atoms with van der Waals surface area (Å²) < 4.78 is 1.85. The zero-order valence-corrected chi connectivity index (χ0v) is 9.73. The Hall–Kier alpha value is -1.91. The van der Waals surface area contributed by atoms with Crippen LogP contribution in [0.1, 0.15) is 16.8 Å². The van der Waals surface area contributed by atoms with Crippen molar-refractivity contribution in [1.82, 2.24) is 19.7 Å². The number of aromatic nitrogens is 4. The molecule has 0 fully saturated rings. The van der Waals surface area contributed by atoms with E-state index in [1.54, 1.807) is 12.4 Å². The standard InChI is InChI=1S/C11H15N5/c1-8-4-12-11(13-5-8)14-6-10-7-15-16(3)9(10)2/h4-5,7H,6H2,1-3H3,(H,12,13,14). The van der Waals surface area contributed by atoms with Crippen molar-refractivity contribution in [2.45, 2.75) is 20.4 Å². The van der Waals surface area contributed by atoms with Crippen LogP contribution in [-0.4, -0.2) is 19.7 Å². The van der Waals surface area contributed by atoms with Gasteiger partial charge in [-0.15, -0.1) is 0 Å². The van der Waals surface area contributed by atoms with Crippen LogP contribution in [0.25, 0.3) is 0 Å². The van der Waals surface area contributed by atoms with Crippen molar-refractivity contribution < 1.29 is 0 Å². The van der Waals surface area contributed by atoms with Gasteiger partial charge in [-0.2, -0.15) is 5.10 Å². The van der Waals surface area contributed by atoms with E-state index < -0.39 is 0 Å². The summed E-state index contributed by atoms with van der Waals surface area (Å²) >= 11 is 0. The van der Waals surface area contributed by atoms with E-state index in [9.17, 15) is 0 Å². The minimum atomic E-state index is 0.647. The highest BCUT2D eigenvalue weighted by atomic mass is 15.3. The molecule has 0 spiro atoms. The SMILES string of the molecule is Cc1cnc(NCc2cnn(C)c2C)nc1. The van der Waals surface area contributed by atoms with Crippen LogP contribution in [-0.2, 0) is 13.6 Å². The van der Waals surface area contributed by atoms with Crippen LogP contribution in [0.15, 0.2) is 18.6 Å². The maximum Gasteiger partial charge on any atom is 0.222 e. The van der Waals surface area contributed by atoms with Crippen LogP contribution < -0.4 is 5.32 Å². The molecule has 2 heterocycles. The molecule has 0 saturated carbocycles. The summed E-state index contributed by atoms with van der Waals surface area (Å²) in [6, 6.07) is 0. The number of hydrogen-bond acceptors (Lipinski definition) is 4. The molecule has 0 atom stereocenters. The van der Waals surface area contributed by atoms with Gasteiger partial charge in [0, 0.05) is 37.2 Å². The molecule has 1 N–H and O–H groups in total. The van der Waals surface area contributed by atoms with Crippen LogP contribution in [0.5, 0.6) is 0 Å². The Morgan fingerprint density at radius 2 is 1.88 bits per heavy atom. The van der Waals surface area contributed by atoms with E-state index in [1.807, 2.05) is 31.8 Å². The van der Waals surface area contributed by atoms with Crippen LogP contribution in [0.3, 0.4) is 0 Å². The molecule has 2 aromatic rings. The van der Waals surface area contributed by atoms with Crippen molar-refractivity contribution in [1.29, 1.82) is 0 Å². The summed E-state index contributed by atoms with van der Waals surface area (Å²) in [7, 11) is 1.93. The summed E-state index contributed by atoms with van der Waals surface area (Å²) in [5.74, 6) is 0.647. The Kier molecular flexibility index (Phi) is 2.85. The van der Waals surface area contributed by atoms with Crippen molar-refractivity contribution in [2.24, 2.45) is 7.05 Å². The van der Waals surface area contributed by atoms with Gasteiger partial charge in [0.1, 0.15) is 0 Å². The molecule has 0 unspecified atom stereocenters. The van der Waals surface area contributed by atoms with Gasteiger partial charge in [-0.05, 0) is 19.4 Å². The Balaban J connectivity index is 2.02. The normalized spacial score (nSPS) is 10.4. The number of rotatable bonds is 3. The van der Waals surface area contributed by atoms with Crippen LogP contribution >= 0.6 is 0 Å². The molecule has 0 aliphatic carbocycles. The lowest BCUT2D eigenvalue weighted by Gasteiger charge is -2.04. The minimum Gasteiger partial charge on any atom is -0.350 e. The van der Waals surface area contributed by atoms with Gasteiger partial charge in [-0.25, -0.2) is 9.97 Å². The van der Waals surface area contributed by atoms with Crippen LogP contribution in [0.2, 0.25) is 0 Å². The average Bonchev–Trinajstić information content (AvgIpc) is 2.60. The molecular weight excluding hydrogens is 202 g/mol. The van der Waals surface area contributed by atoms with E-state index in [0.717, 1.165) is 16.8 Å². The summed E-state index contributed by atoms with van der Waals surface area (Å²) in [5.41, 5.74) is 3.37. The molecule has 2 rings (SSSR count). The van der Waals surface area contributed by atoms with Gasteiger partial charge >= 0.3 is 0 Å². The average molecular weight is 217 g/mol. The first kappa shape index (κ1) is 10.6. The maximum absolute atomic E-state index is 4.18. The maximum atomic E-state index is 4.18. The largest absolute Gasteiger partial charge is 0.350 e. The zero-order chi connectivity index (χ0) is 11.5. The van der Waals surface area contributed by atoms with E-state index in [-0.39, 0.29) is 0 Å². The van der Waals surface area contributed by atoms with E-state index in [4.69, 9.17) is 0 Å². The lowest BCUT2D eigenvalue weighted by atomic mass is 10.2. The molecule has 5 nitrogen and oxygen atoms in total. The zero-order valence-electron chi connectivity index (χ0n) is 9.73. The molecule has 84 valence electrons. The fourth-order valence-corrected chi connectivity index (χ4v) is 1.38. The molecule has 2 aromatic heterocycles. The van der Waals surface area contributed by atoms with Gasteiger partial charge in [-0.1, -0.05) is 0 Å². The molecule has 0 aliphatic heterocycles. The molecule has 0 aromatic carbocycles. The molecule has 5 heteroatoms. The number of nitrogens with one attached hydrogen (secondary N) is 1. The van der Waals surface area contributed by atoms with Crippen LogP contribution in [0.4, 0.5) is 5.95 Å². The fraction of sp³-hybridized carbons (Fsp3) is 0.364. The first-order chi connectivity index (χ1) is 7.66. The van der Waals surface area contributed by atoms with Gasteiger partial charge in [0.25, 0.3) is 0 Å². The summed E-state index contributed by atoms with van der Waals surface area (Å²) in [4.78, 5) is 8.36. The van der Waals surface area contributed by atoms with Crippen molar-refractivity contribution in [2.75, 3.05) is 5.32 Å². The van der Waals surface area contributed by atoms with Crippen molar-refractivity contribution in [3.63, 3.8) is 0 Å². The van der Waals surface area contributed by atoms with E-state index in [2.05, 4.69) is 20.4 Å². The third kappa shape index (κ3) is 2.18. The second kappa shape index (κ2) is 4.30. The number of nitrogens with zero attached hydrogens (tertiary/aromatic N) is 4. The van der Waals surface area contributed by atoms with E-state index >= 15 is 0 Å². The molecule has 0 amide bonds. The third-order valence-corrected chi connectivity index (χ3v) is 2.55. The number of anilines is 1. The summed E-state index contributed by atoms with van der Waals surface area (Å²) in [5, 5.41) is 7.35. The predicted molar refractivity (Wildman–Crippen MR) is 62.0 cm³/mol. The first-order valence-corrected chi connectivity index (χ1v) is 5.17. The van der Waals surface area contributed by atoms with Crippen LogP contribution in [0, 0.1) is 13.8 Å². The Labute approximate surface area is 94.5 Å². The molecule has 0 saturated heterocycles. The first-order valence-electron chi connectivity index (χ1n) is 5.17. The van der Waals surface area contributed by atoms with E-state index in [0.29, 0.717) is 12.5 Å². The van der Waals surface area contributed by atoms with Crippen molar-refractivity contribution in [3.05, 3.63) is 35.4 Å². The Bertz CT molecular complexity index is 472. The highest BCUT2D eigenvalue weighted by molar-refractivity contribution is 5.28. The number of aryl methyl sites for hydroxylation is 2. The molecular formula is C11H15N5. The fourth-order valence-electron chi connectivity index (χ4n) is 1.38. The molecule has 0 radical (unpaired) electrons. The van der Waals surface area contributed by atoms with E-state index in [1.165, 1.54) is 0 Å². The highest BCUT2D eigenvalue weighted by Gasteiger charge is 2.03. The Morgan fingerprint density at radius 1 is 1.19 bits per heavy atom. The predicted octanol–water partition coefficient (Wildman–Crippen LogP) is 1.44. The van der Waals surface area contributed by atoms with Gasteiger partial charge in [0.2, 0.25) is 5.95 Å². The minimum absolute atomic E-state index is 0.647. The topological polar surface area (TPSA) is 55.6 Å². The monoisotopic (exact) mass is 217 g/mol.